The van der Waals surface area contributed by atoms with Crippen molar-refractivity contribution in [1.82, 2.24) is 5.32 Å². The number of hydrogen-bond acceptors (Lipinski definition) is 5. The van der Waals surface area contributed by atoms with E-state index in [2.05, 4.69) is 29.4 Å². The van der Waals surface area contributed by atoms with Crippen molar-refractivity contribution in [1.29, 1.82) is 0 Å². The van der Waals surface area contributed by atoms with E-state index < -0.39 is 0 Å². The van der Waals surface area contributed by atoms with Crippen molar-refractivity contribution >= 4 is 23.2 Å². The highest BCUT2D eigenvalue weighted by Crippen LogP contribution is 2.32. The first kappa shape index (κ1) is 19.5. The Bertz CT molecular complexity index is 878. The number of nitrogens with zero attached hydrogens (tertiary/aromatic N) is 1. The van der Waals surface area contributed by atoms with Crippen LogP contribution in [-0.4, -0.2) is 38.2 Å². The zero-order chi connectivity index (χ0) is 20.1. The van der Waals surface area contributed by atoms with Crippen molar-refractivity contribution in [3.8, 4) is 11.5 Å². The van der Waals surface area contributed by atoms with Crippen molar-refractivity contribution in [2.75, 3.05) is 36.6 Å². The highest BCUT2D eigenvalue weighted by atomic mass is 16.7. The summed E-state index contributed by atoms with van der Waals surface area (Å²) in [4.78, 5) is 26.7. The number of benzene rings is 2. The van der Waals surface area contributed by atoms with Gasteiger partial charge in [0.1, 0.15) is 0 Å². The summed E-state index contributed by atoms with van der Waals surface area (Å²) < 4.78 is 10.5. The molecule has 0 bridgehead atoms. The lowest BCUT2D eigenvalue weighted by Crippen LogP contribution is -2.33. The average Bonchev–Trinajstić information content (AvgIpc) is 3.17. The topological polar surface area (TPSA) is 79.9 Å². The number of fused-ring (bicyclic) bond motifs is 1. The average molecular weight is 383 g/mol. The smallest absolute Gasteiger partial charge is 0.251 e. The van der Waals surface area contributed by atoms with E-state index in [1.165, 1.54) is 0 Å². The van der Waals surface area contributed by atoms with Gasteiger partial charge in [-0.15, -0.1) is 0 Å². The first-order valence-electron chi connectivity index (χ1n) is 9.35. The molecule has 0 spiro atoms. The summed E-state index contributed by atoms with van der Waals surface area (Å²) >= 11 is 0. The summed E-state index contributed by atoms with van der Waals surface area (Å²) in [7, 11) is 0. The van der Waals surface area contributed by atoms with Crippen molar-refractivity contribution in [3.05, 3.63) is 47.5 Å². The van der Waals surface area contributed by atoms with Crippen LogP contribution in [0.15, 0.2) is 36.4 Å². The lowest BCUT2D eigenvalue weighted by Gasteiger charge is -2.22. The molecular weight excluding hydrogens is 358 g/mol. The molecule has 0 aliphatic carbocycles. The molecule has 0 atom stereocenters. The fourth-order valence-electron chi connectivity index (χ4n) is 3.07. The van der Waals surface area contributed by atoms with E-state index in [1.807, 2.05) is 25.1 Å². The third-order valence-electron chi connectivity index (χ3n) is 4.66. The largest absolute Gasteiger partial charge is 0.454 e. The third kappa shape index (κ3) is 4.36. The van der Waals surface area contributed by atoms with Gasteiger partial charge in [-0.2, -0.15) is 0 Å². The molecule has 148 valence electrons. The van der Waals surface area contributed by atoms with Gasteiger partial charge in [0.2, 0.25) is 12.7 Å². The summed E-state index contributed by atoms with van der Waals surface area (Å²) in [5.41, 5.74) is 3.24. The lowest BCUT2D eigenvalue weighted by molar-refractivity contribution is -0.115. The van der Waals surface area contributed by atoms with Gasteiger partial charge in [-0.25, -0.2) is 0 Å². The van der Waals surface area contributed by atoms with Gasteiger partial charge in [0.15, 0.2) is 11.5 Å². The van der Waals surface area contributed by atoms with Crippen LogP contribution in [0.1, 0.15) is 29.8 Å². The van der Waals surface area contributed by atoms with Crippen LogP contribution in [-0.2, 0) is 4.79 Å². The molecule has 0 saturated carbocycles. The van der Waals surface area contributed by atoms with Crippen LogP contribution in [0.5, 0.6) is 11.5 Å². The van der Waals surface area contributed by atoms with Crippen LogP contribution in [0.25, 0.3) is 0 Å². The zero-order valence-corrected chi connectivity index (χ0v) is 16.4. The maximum Gasteiger partial charge on any atom is 0.251 e. The van der Waals surface area contributed by atoms with Crippen LogP contribution < -0.4 is 25.0 Å². The highest BCUT2D eigenvalue weighted by molar-refractivity contribution is 6.00. The van der Waals surface area contributed by atoms with Crippen molar-refractivity contribution < 1.29 is 19.1 Å². The van der Waals surface area contributed by atoms with Crippen LogP contribution >= 0.6 is 0 Å². The highest BCUT2D eigenvalue weighted by Gasteiger charge is 2.17. The molecule has 28 heavy (non-hydrogen) atoms. The van der Waals surface area contributed by atoms with Crippen LogP contribution in [0.4, 0.5) is 11.4 Å². The molecule has 0 saturated heterocycles. The Hall–Kier alpha value is -3.22. The van der Waals surface area contributed by atoms with Gasteiger partial charge in [0.25, 0.3) is 5.91 Å². The predicted molar refractivity (Wildman–Crippen MR) is 108 cm³/mol. The molecular formula is C21H25N3O4. The molecule has 0 aromatic heterocycles. The maximum absolute atomic E-state index is 12.3. The molecule has 2 aromatic carbocycles. The second-order valence-electron chi connectivity index (χ2n) is 6.47. The fraction of sp³-hybridized carbons (Fsp3) is 0.333. The van der Waals surface area contributed by atoms with Gasteiger partial charge >= 0.3 is 0 Å². The summed E-state index contributed by atoms with van der Waals surface area (Å²) in [6.07, 6.45) is 0. The second kappa shape index (κ2) is 8.65. The predicted octanol–water partition coefficient (Wildman–Crippen LogP) is 2.94. The molecule has 7 nitrogen and oxygen atoms in total. The minimum absolute atomic E-state index is 0.121. The van der Waals surface area contributed by atoms with Gasteiger partial charge in [0.05, 0.1) is 6.54 Å². The van der Waals surface area contributed by atoms with E-state index in [4.69, 9.17) is 9.47 Å². The Balaban J connectivity index is 1.56. The quantitative estimate of drug-likeness (QED) is 0.768. The van der Waals surface area contributed by atoms with Crippen LogP contribution in [0.3, 0.4) is 0 Å². The van der Waals surface area contributed by atoms with Gasteiger partial charge in [-0.3, -0.25) is 9.59 Å². The number of anilines is 2. The van der Waals surface area contributed by atoms with E-state index in [-0.39, 0.29) is 25.2 Å². The number of carbonyl (C=O) groups is 2. The maximum atomic E-state index is 12.3. The molecule has 3 rings (SSSR count). The molecule has 2 N–H and O–H groups in total. The van der Waals surface area contributed by atoms with Gasteiger partial charge in [0, 0.05) is 30.0 Å². The molecule has 7 heteroatoms. The fourth-order valence-corrected chi connectivity index (χ4v) is 3.07. The number of hydrogen-bond donors (Lipinski definition) is 2. The molecule has 0 radical (unpaired) electrons. The molecule has 0 fully saturated rings. The van der Waals surface area contributed by atoms with Gasteiger partial charge < -0.3 is 25.0 Å². The Morgan fingerprint density at radius 2 is 1.79 bits per heavy atom. The minimum Gasteiger partial charge on any atom is -0.454 e. The van der Waals surface area contributed by atoms with E-state index in [0.29, 0.717) is 17.1 Å². The number of rotatable bonds is 7. The summed E-state index contributed by atoms with van der Waals surface area (Å²) in [5, 5.41) is 5.47. The normalized spacial score (nSPS) is 11.8. The second-order valence-corrected chi connectivity index (χ2v) is 6.47. The van der Waals surface area contributed by atoms with Crippen molar-refractivity contribution in [2.45, 2.75) is 20.8 Å². The molecule has 2 aromatic rings. The third-order valence-corrected chi connectivity index (χ3v) is 4.66. The van der Waals surface area contributed by atoms with E-state index in [0.717, 1.165) is 30.0 Å². The van der Waals surface area contributed by atoms with Gasteiger partial charge in [-0.05, 0) is 62.7 Å². The summed E-state index contributed by atoms with van der Waals surface area (Å²) in [5.74, 6) is 0.508. The summed E-state index contributed by atoms with van der Waals surface area (Å²) in [6, 6.07) is 10.8. The Morgan fingerprint density at radius 3 is 2.50 bits per heavy atom. The standard InChI is InChI=1S/C21H25N3O4/c1-4-24(5-2)16-7-8-17(14(3)10-16)23-20(25)12-22-21(26)15-6-9-18-19(11-15)28-13-27-18/h6-11H,4-5,12-13H2,1-3H3,(H,22,26)(H,23,25). The molecule has 1 aliphatic rings. The van der Waals surface area contributed by atoms with Crippen molar-refractivity contribution in [3.63, 3.8) is 0 Å². The monoisotopic (exact) mass is 383 g/mol. The minimum atomic E-state index is -0.345. The molecule has 2 amide bonds. The Morgan fingerprint density at radius 1 is 1.04 bits per heavy atom. The van der Waals surface area contributed by atoms with E-state index >= 15 is 0 Å². The first-order chi connectivity index (χ1) is 13.5. The molecule has 1 aliphatic heterocycles. The number of carbonyl (C=O) groups excluding carboxylic acids is 2. The van der Waals surface area contributed by atoms with E-state index in [1.54, 1.807) is 18.2 Å². The first-order valence-corrected chi connectivity index (χ1v) is 9.35. The lowest BCUT2D eigenvalue weighted by atomic mass is 10.1. The van der Waals surface area contributed by atoms with Crippen molar-refractivity contribution in [2.24, 2.45) is 0 Å². The van der Waals surface area contributed by atoms with E-state index in [9.17, 15) is 9.59 Å². The van der Waals surface area contributed by atoms with Crippen LogP contribution in [0, 0.1) is 6.92 Å². The van der Waals surface area contributed by atoms with Crippen LogP contribution in [0.2, 0.25) is 0 Å². The molecule has 0 unspecified atom stereocenters. The Labute approximate surface area is 164 Å². The number of ether oxygens (including phenoxy) is 2. The number of aryl methyl sites for hydroxylation is 1. The summed E-state index contributed by atoms with van der Waals surface area (Å²) in [6.45, 7) is 8.04. The van der Waals surface area contributed by atoms with Gasteiger partial charge in [-0.1, -0.05) is 0 Å². The Kier molecular flexibility index (Phi) is 6.03. The SMILES string of the molecule is CCN(CC)c1ccc(NC(=O)CNC(=O)c2ccc3c(c2)OCO3)c(C)c1. The number of nitrogens with one attached hydrogen (secondary N) is 2. The number of amides is 2. The molecule has 1 heterocycles. The zero-order valence-electron chi connectivity index (χ0n) is 16.4.